The van der Waals surface area contributed by atoms with Gasteiger partial charge < -0.3 is 10.4 Å². The van der Waals surface area contributed by atoms with E-state index in [2.05, 4.69) is 26.3 Å². The van der Waals surface area contributed by atoms with Crippen molar-refractivity contribution in [3.63, 3.8) is 0 Å². The van der Waals surface area contributed by atoms with E-state index in [0.717, 1.165) is 10.0 Å². The lowest BCUT2D eigenvalue weighted by Crippen LogP contribution is -2.34. The predicted octanol–water partition coefficient (Wildman–Crippen LogP) is 3.30. The van der Waals surface area contributed by atoms with Gasteiger partial charge in [-0.2, -0.15) is 5.10 Å². The number of amides is 1. The molecular formula is C18H18BrN3O3. The van der Waals surface area contributed by atoms with Crippen molar-refractivity contribution in [2.75, 3.05) is 5.32 Å². The number of carbonyl (C=O) groups excluding carboxylic acids is 1. The summed E-state index contributed by atoms with van der Waals surface area (Å²) in [7, 11) is 0. The van der Waals surface area contributed by atoms with E-state index in [0.29, 0.717) is 25.2 Å². The maximum atomic E-state index is 12.4. The van der Waals surface area contributed by atoms with E-state index in [1.165, 1.54) is 0 Å². The van der Waals surface area contributed by atoms with Crippen molar-refractivity contribution in [1.82, 2.24) is 9.78 Å². The van der Waals surface area contributed by atoms with Gasteiger partial charge in [0.05, 0.1) is 18.4 Å². The maximum absolute atomic E-state index is 12.4. The number of nitrogens with zero attached hydrogens (tertiary/aromatic N) is 2. The Hall–Kier alpha value is -2.41. The lowest BCUT2D eigenvalue weighted by molar-refractivity contribution is -0.146. The van der Waals surface area contributed by atoms with Crippen LogP contribution in [0, 0.1) is 11.8 Å². The summed E-state index contributed by atoms with van der Waals surface area (Å²) < 4.78 is 2.74. The minimum absolute atomic E-state index is 0.300. The minimum atomic E-state index is -0.940. The van der Waals surface area contributed by atoms with Gasteiger partial charge in [-0.15, -0.1) is 0 Å². The van der Waals surface area contributed by atoms with E-state index in [9.17, 15) is 14.7 Å². The summed E-state index contributed by atoms with van der Waals surface area (Å²) in [6.07, 6.45) is 6.27. The van der Waals surface area contributed by atoms with Gasteiger partial charge in [0.2, 0.25) is 5.91 Å². The number of aliphatic carboxylic acids is 1. The Balaban J connectivity index is 1.64. The van der Waals surface area contributed by atoms with E-state index in [-0.39, 0.29) is 5.91 Å². The van der Waals surface area contributed by atoms with Crippen LogP contribution in [0.15, 0.2) is 53.2 Å². The van der Waals surface area contributed by atoms with Crippen molar-refractivity contribution < 1.29 is 14.7 Å². The first-order valence-electron chi connectivity index (χ1n) is 7.99. The molecular weight excluding hydrogens is 386 g/mol. The number of carboxylic acid groups (broad SMARTS) is 1. The second kappa shape index (κ2) is 7.65. The molecule has 0 saturated carbocycles. The fourth-order valence-corrected chi connectivity index (χ4v) is 3.15. The molecule has 0 radical (unpaired) electrons. The van der Waals surface area contributed by atoms with Gasteiger partial charge in [-0.3, -0.25) is 14.3 Å². The molecule has 0 saturated heterocycles. The van der Waals surface area contributed by atoms with Gasteiger partial charge in [-0.05, 0) is 30.5 Å². The largest absolute Gasteiger partial charge is 0.481 e. The molecule has 1 aliphatic rings. The maximum Gasteiger partial charge on any atom is 0.307 e. The van der Waals surface area contributed by atoms with Gasteiger partial charge in [-0.1, -0.05) is 40.2 Å². The average molecular weight is 404 g/mol. The molecule has 0 bridgehead atoms. The first-order valence-corrected chi connectivity index (χ1v) is 8.79. The molecule has 2 aromatic rings. The van der Waals surface area contributed by atoms with Crippen LogP contribution in [0.25, 0.3) is 0 Å². The number of aromatic nitrogens is 2. The van der Waals surface area contributed by atoms with Crippen molar-refractivity contribution in [3.8, 4) is 0 Å². The molecule has 1 amide bonds. The van der Waals surface area contributed by atoms with E-state index in [1.807, 2.05) is 36.4 Å². The number of allylic oxidation sites excluding steroid dienone is 2. The number of hydrogen-bond donors (Lipinski definition) is 2. The number of carboxylic acids is 1. The molecule has 6 nitrogen and oxygen atoms in total. The lowest BCUT2D eigenvalue weighted by Gasteiger charge is -2.23. The molecule has 0 fully saturated rings. The molecule has 7 heteroatoms. The van der Waals surface area contributed by atoms with Gasteiger partial charge in [0, 0.05) is 16.7 Å². The van der Waals surface area contributed by atoms with Crippen LogP contribution in [0.4, 0.5) is 5.82 Å². The zero-order valence-electron chi connectivity index (χ0n) is 13.4. The molecule has 1 aromatic heterocycles. The molecule has 2 N–H and O–H groups in total. The number of nitrogens with one attached hydrogen (secondary N) is 1. The Morgan fingerprint density at radius 1 is 1.16 bits per heavy atom. The smallest absolute Gasteiger partial charge is 0.307 e. The zero-order valence-corrected chi connectivity index (χ0v) is 15.0. The summed E-state index contributed by atoms with van der Waals surface area (Å²) in [5, 5.41) is 16.4. The normalized spacial score (nSPS) is 19.6. The standard InChI is InChI=1S/C18H18BrN3O3/c19-13-7-5-12(6-8-13)11-22-10-9-16(21-22)20-17(23)14-3-1-2-4-15(14)18(24)25/h1-2,5-10,14-15H,3-4,11H2,(H,24,25)(H,20,21,23). The number of anilines is 1. The number of rotatable bonds is 5. The monoisotopic (exact) mass is 403 g/mol. The first kappa shape index (κ1) is 17.4. The topological polar surface area (TPSA) is 84.2 Å². The summed E-state index contributed by atoms with van der Waals surface area (Å²) in [6, 6.07) is 9.63. The first-order chi connectivity index (χ1) is 12.0. The van der Waals surface area contributed by atoms with Crippen LogP contribution < -0.4 is 5.32 Å². The molecule has 3 rings (SSSR count). The third-order valence-electron chi connectivity index (χ3n) is 4.24. The van der Waals surface area contributed by atoms with Crippen LogP contribution in [0.1, 0.15) is 18.4 Å². The van der Waals surface area contributed by atoms with Crippen LogP contribution in [-0.2, 0) is 16.1 Å². The molecule has 2 unspecified atom stereocenters. The second-order valence-electron chi connectivity index (χ2n) is 6.01. The quantitative estimate of drug-likeness (QED) is 0.750. The summed E-state index contributed by atoms with van der Waals surface area (Å²) >= 11 is 3.40. The van der Waals surface area contributed by atoms with Gasteiger partial charge in [-0.25, -0.2) is 0 Å². The van der Waals surface area contributed by atoms with Gasteiger partial charge in [0.25, 0.3) is 0 Å². The Bertz CT molecular complexity index is 798. The van der Waals surface area contributed by atoms with Crippen molar-refractivity contribution in [2.45, 2.75) is 19.4 Å². The highest BCUT2D eigenvalue weighted by molar-refractivity contribution is 9.10. The molecule has 2 atom stereocenters. The third kappa shape index (κ3) is 4.36. The number of halogens is 1. The summed E-state index contributed by atoms with van der Waals surface area (Å²) in [6.45, 7) is 0.590. The summed E-state index contributed by atoms with van der Waals surface area (Å²) in [5.74, 6) is -2.06. The summed E-state index contributed by atoms with van der Waals surface area (Å²) in [5.41, 5.74) is 1.09. The molecule has 25 heavy (non-hydrogen) atoms. The van der Waals surface area contributed by atoms with Gasteiger partial charge in [0.15, 0.2) is 5.82 Å². The Labute approximate surface area is 153 Å². The zero-order chi connectivity index (χ0) is 17.8. The molecule has 0 spiro atoms. The third-order valence-corrected chi connectivity index (χ3v) is 4.76. The van der Waals surface area contributed by atoms with Crippen molar-refractivity contribution in [3.05, 3.63) is 58.7 Å². The SMILES string of the molecule is O=C(O)C1CC=CCC1C(=O)Nc1ccn(Cc2ccc(Br)cc2)n1. The van der Waals surface area contributed by atoms with Crippen molar-refractivity contribution in [1.29, 1.82) is 0 Å². The van der Waals surface area contributed by atoms with Gasteiger partial charge >= 0.3 is 5.97 Å². The predicted molar refractivity (Wildman–Crippen MR) is 97.1 cm³/mol. The van der Waals surface area contributed by atoms with E-state index in [1.54, 1.807) is 16.9 Å². The highest BCUT2D eigenvalue weighted by Gasteiger charge is 2.34. The number of carbonyl (C=O) groups is 2. The van der Waals surface area contributed by atoms with Gasteiger partial charge in [0.1, 0.15) is 0 Å². The Morgan fingerprint density at radius 3 is 2.52 bits per heavy atom. The highest BCUT2D eigenvalue weighted by Crippen LogP contribution is 2.27. The summed E-state index contributed by atoms with van der Waals surface area (Å²) in [4.78, 5) is 23.7. The van der Waals surface area contributed by atoms with E-state index >= 15 is 0 Å². The molecule has 1 heterocycles. The van der Waals surface area contributed by atoms with E-state index in [4.69, 9.17) is 0 Å². The Morgan fingerprint density at radius 2 is 1.84 bits per heavy atom. The second-order valence-corrected chi connectivity index (χ2v) is 6.92. The Kier molecular flexibility index (Phi) is 5.33. The molecule has 130 valence electrons. The minimum Gasteiger partial charge on any atom is -0.481 e. The van der Waals surface area contributed by atoms with Crippen molar-refractivity contribution >= 4 is 33.6 Å². The van der Waals surface area contributed by atoms with Crippen LogP contribution in [0.5, 0.6) is 0 Å². The van der Waals surface area contributed by atoms with Crippen LogP contribution in [0.2, 0.25) is 0 Å². The fraction of sp³-hybridized carbons (Fsp3) is 0.278. The van der Waals surface area contributed by atoms with Crippen LogP contribution in [0.3, 0.4) is 0 Å². The van der Waals surface area contributed by atoms with Crippen LogP contribution >= 0.6 is 15.9 Å². The number of benzene rings is 1. The van der Waals surface area contributed by atoms with E-state index < -0.39 is 17.8 Å². The van der Waals surface area contributed by atoms with Crippen LogP contribution in [-0.4, -0.2) is 26.8 Å². The lowest BCUT2D eigenvalue weighted by atomic mass is 9.82. The van der Waals surface area contributed by atoms with Crippen molar-refractivity contribution in [2.24, 2.45) is 11.8 Å². The fourth-order valence-electron chi connectivity index (χ4n) is 2.89. The highest BCUT2D eigenvalue weighted by atomic mass is 79.9. The molecule has 1 aliphatic carbocycles. The molecule has 1 aromatic carbocycles. The number of hydrogen-bond acceptors (Lipinski definition) is 3. The average Bonchev–Trinajstić information content (AvgIpc) is 3.03. The molecule has 0 aliphatic heterocycles.